The minimum atomic E-state index is 0.680. The van der Waals surface area contributed by atoms with Crippen molar-refractivity contribution in [1.82, 2.24) is 0 Å². The SMILES string of the molecule is Brc1ccoc1C1CCCC1. The summed E-state index contributed by atoms with van der Waals surface area (Å²) in [5, 5.41) is 0. The van der Waals surface area contributed by atoms with Gasteiger partial charge in [0.2, 0.25) is 0 Å². The largest absolute Gasteiger partial charge is 0.468 e. The zero-order valence-corrected chi connectivity index (χ0v) is 7.93. The van der Waals surface area contributed by atoms with Gasteiger partial charge in [0.15, 0.2) is 0 Å². The Morgan fingerprint density at radius 1 is 1.36 bits per heavy atom. The fourth-order valence-corrected chi connectivity index (χ4v) is 2.31. The molecule has 60 valence electrons. The van der Waals surface area contributed by atoms with Crippen molar-refractivity contribution in [3.05, 3.63) is 22.6 Å². The number of rotatable bonds is 1. The maximum absolute atomic E-state index is 5.40. The predicted octanol–water partition coefficient (Wildman–Crippen LogP) is 3.70. The van der Waals surface area contributed by atoms with Gasteiger partial charge >= 0.3 is 0 Å². The first kappa shape index (κ1) is 7.41. The van der Waals surface area contributed by atoms with Gasteiger partial charge in [-0.3, -0.25) is 0 Å². The lowest BCUT2D eigenvalue weighted by molar-refractivity contribution is 0.462. The minimum Gasteiger partial charge on any atom is -0.468 e. The van der Waals surface area contributed by atoms with Crippen molar-refractivity contribution >= 4 is 15.9 Å². The van der Waals surface area contributed by atoms with Crippen molar-refractivity contribution in [3.63, 3.8) is 0 Å². The molecule has 2 rings (SSSR count). The fourth-order valence-electron chi connectivity index (χ4n) is 1.78. The van der Waals surface area contributed by atoms with E-state index in [4.69, 9.17) is 4.42 Å². The van der Waals surface area contributed by atoms with Gasteiger partial charge in [-0.2, -0.15) is 0 Å². The van der Waals surface area contributed by atoms with Crippen LogP contribution in [0.25, 0.3) is 0 Å². The van der Waals surface area contributed by atoms with Gasteiger partial charge in [0.05, 0.1) is 10.7 Å². The summed E-state index contributed by atoms with van der Waals surface area (Å²) >= 11 is 3.48. The van der Waals surface area contributed by atoms with Crippen molar-refractivity contribution in [2.75, 3.05) is 0 Å². The molecule has 1 nitrogen and oxygen atoms in total. The van der Waals surface area contributed by atoms with Crippen LogP contribution in [0.3, 0.4) is 0 Å². The second kappa shape index (κ2) is 3.02. The van der Waals surface area contributed by atoms with Gasteiger partial charge in [-0.15, -0.1) is 0 Å². The molecule has 0 radical (unpaired) electrons. The van der Waals surface area contributed by atoms with E-state index >= 15 is 0 Å². The van der Waals surface area contributed by atoms with E-state index in [-0.39, 0.29) is 0 Å². The predicted molar refractivity (Wildman–Crippen MR) is 47.6 cm³/mol. The first-order valence-corrected chi connectivity index (χ1v) is 4.90. The molecule has 0 spiro atoms. The Morgan fingerprint density at radius 3 is 2.64 bits per heavy atom. The summed E-state index contributed by atoms with van der Waals surface area (Å²) in [6.45, 7) is 0. The molecule has 1 aromatic rings. The van der Waals surface area contributed by atoms with Gasteiger partial charge in [0.1, 0.15) is 5.76 Å². The number of hydrogen-bond donors (Lipinski definition) is 0. The second-order valence-electron chi connectivity index (χ2n) is 3.11. The summed E-state index contributed by atoms with van der Waals surface area (Å²) in [7, 11) is 0. The summed E-state index contributed by atoms with van der Waals surface area (Å²) in [6, 6.07) is 1.98. The van der Waals surface area contributed by atoms with Crippen molar-refractivity contribution < 1.29 is 4.42 Å². The molecular weight excluding hydrogens is 204 g/mol. The van der Waals surface area contributed by atoms with Crippen LogP contribution in [0.5, 0.6) is 0 Å². The van der Waals surface area contributed by atoms with Crippen LogP contribution in [0.15, 0.2) is 21.2 Å². The molecule has 0 aromatic carbocycles. The molecule has 2 heteroatoms. The highest BCUT2D eigenvalue weighted by Crippen LogP contribution is 2.37. The van der Waals surface area contributed by atoms with Crippen molar-refractivity contribution in [3.8, 4) is 0 Å². The molecule has 0 saturated heterocycles. The molecular formula is C9H11BrO. The van der Waals surface area contributed by atoms with E-state index in [2.05, 4.69) is 15.9 Å². The van der Waals surface area contributed by atoms with Crippen LogP contribution in [0.1, 0.15) is 37.4 Å². The van der Waals surface area contributed by atoms with Crippen LogP contribution in [-0.2, 0) is 0 Å². The Labute approximate surface area is 74.9 Å². The van der Waals surface area contributed by atoms with Gasteiger partial charge in [0.25, 0.3) is 0 Å². The zero-order valence-electron chi connectivity index (χ0n) is 6.35. The van der Waals surface area contributed by atoms with E-state index in [1.807, 2.05) is 6.07 Å². The molecule has 0 bridgehead atoms. The molecule has 11 heavy (non-hydrogen) atoms. The van der Waals surface area contributed by atoms with Crippen LogP contribution < -0.4 is 0 Å². The van der Waals surface area contributed by atoms with Crippen molar-refractivity contribution in [2.24, 2.45) is 0 Å². The van der Waals surface area contributed by atoms with Gasteiger partial charge < -0.3 is 4.42 Å². The molecule has 1 saturated carbocycles. The maximum atomic E-state index is 5.40. The van der Waals surface area contributed by atoms with Crippen molar-refractivity contribution in [1.29, 1.82) is 0 Å². The summed E-state index contributed by atoms with van der Waals surface area (Å²) < 4.78 is 6.54. The van der Waals surface area contributed by atoms with Crippen LogP contribution >= 0.6 is 15.9 Å². The standard InChI is InChI=1S/C9H11BrO/c10-8-5-6-11-9(8)7-3-1-2-4-7/h5-7H,1-4H2. The third-order valence-electron chi connectivity index (χ3n) is 2.37. The summed E-state index contributed by atoms with van der Waals surface area (Å²) in [6.07, 6.45) is 7.07. The fraction of sp³-hybridized carbons (Fsp3) is 0.556. The molecule has 0 aliphatic heterocycles. The molecule has 1 aromatic heterocycles. The molecule has 0 N–H and O–H groups in total. The maximum Gasteiger partial charge on any atom is 0.120 e. The molecule has 1 heterocycles. The van der Waals surface area contributed by atoms with Crippen molar-refractivity contribution in [2.45, 2.75) is 31.6 Å². The van der Waals surface area contributed by atoms with Gasteiger partial charge in [0, 0.05) is 5.92 Å². The molecule has 1 aliphatic rings. The highest BCUT2D eigenvalue weighted by Gasteiger charge is 2.21. The number of furan rings is 1. The molecule has 1 aliphatic carbocycles. The third-order valence-corrected chi connectivity index (χ3v) is 3.03. The van der Waals surface area contributed by atoms with Gasteiger partial charge in [-0.25, -0.2) is 0 Å². The summed E-state index contributed by atoms with van der Waals surface area (Å²) in [4.78, 5) is 0. The first-order chi connectivity index (χ1) is 5.38. The monoisotopic (exact) mass is 214 g/mol. The number of hydrogen-bond acceptors (Lipinski definition) is 1. The quantitative estimate of drug-likeness (QED) is 0.696. The van der Waals surface area contributed by atoms with Crippen LogP contribution in [0, 0.1) is 0 Å². The highest BCUT2D eigenvalue weighted by molar-refractivity contribution is 9.10. The van der Waals surface area contributed by atoms with E-state index in [1.165, 1.54) is 25.7 Å². The Balaban J connectivity index is 2.21. The van der Waals surface area contributed by atoms with Crippen LogP contribution in [-0.4, -0.2) is 0 Å². The lowest BCUT2D eigenvalue weighted by Crippen LogP contribution is -1.89. The zero-order chi connectivity index (χ0) is 7.68. The van der Waals surface area contributed by atoms with Crippen LogP contribution in [0.2, 0.25) is 0 Å². The summed E-state index contributed by atoms with van der Waals surface area (Å²) in [5.41, 5.74) is 0. The lowest BCUT2D eigenvalue weighted by Gasteiger charge is -2.04. The van der Waals surface area contributed by atoms with Gasteiger partial charge in [-0.05, 0) is 34.8 Å². The Kier molecular flexibility index (Phi) is 2.03. The average Bonchev–Trinajstić information content (AvgIpc) is 2.55. The Morgan fingerprint density at radius 2 is 2.09 bits per heavy atom. The van der Waals surface area contributed by atoms with E-state index in [0.29, 0.717) is 5.92 Å². The second-order valence-corrected chi connectivity index (χ2v) is 3.97. The lowest BCUT2D eigenvalue weighted by atomic mass is 10.1. The highest BCUT2D eigenvalue weighted by atomic mass is 79.9. The Bertz CT molecular complexity index is 235. The average molecular weight is 215 g/mol. The molecule has 0 atom stereocenters. The van der Waals surface area contributed by atoms with E-state index in [1.54, 1.807) is 6.26 Å². The first-order valence-electron chi connectivity index (χ1n) is 4.11. The van der Waals surface area contributed by atoms with E-state index in [0.717, 1.165) is 10.2 Å². The summed E-state index contributed by atoms with van der Waals surface area (Å²) in [5.74, 6) is 1.84. The van der Waals surface area contributed by atoms with E-state index < -0.39 is 0 Å². The molecule has 0 unspecified atom stereocenters. The molecule has 0 amide bonds. The minimum absolute atomic E-state index is 0.680. The van der Waals surface area contributed by atoms with Crippen LogP contribution in [0.4, 0.5) is 0 Å². The van der Waals surface area contributed by atoms with E-state index in [9.17, 15) is 0 Å². The third kappa shape index (κ3) is 1.36. The topological polar surface area (TPSA) is 13.1 Å². The number of halogens is 1. The smallest absolute Gasteiger partial charge is 0.120 e. The molecule has 1 fully saturated rings. The normalized spacial score (nSPS) is 19.4. The Hall–Kier alpha value is -0.240. The van der Waals surface area contributed by atoms with Gasteiger partial charge in [-0.1, -0.05) is 12.8 Å².